The van der Waals surface area contributed by atoms with Gasteiger partial charge in [-0.15, -0.1) is 0 Å². The summed E-state index contributed by atoms with van der Waals surface area (Å²) in [6.45, 7) is 15.8. The van der Waals surface area contributed by atoms with Gasteiger partial charge in [0.25, 0.3) is 12.9 Å². The summed E-state index contributed by atoms with van der Waals surface area (Å²) in [4.78, 5) is 133. The van der Waals surface area contributed by atoms with Crippen LogP contribution in [0.5, 0.6) is 0 Å². The van der Waals surface area contributed by atoms with Crippen molar-refractivity contribution in [3.8, 4) is 0 Å². The largest absolute Gasteiger partial charge is 0.481 e. The average Bonchev–Trinajstić information content (AvgIpc) is 0.865. The van der Waals surface area contributed by atoms with E-state index >= 15 is 0 Å². The highest BCUT2D eigenvalue weighted by atomic mass is 16.6. The molecule has 0 bridgehead atoms. The first kappa shape index (κ1) is 117. The number of unbranched alkanes of at least 4 members (excludes halogenated alkanes) is 17. The number of carbonyl (C=O) groups excluding carboxylic acids is 10. The van der Waals surface area contributed by atoms with Crippen molar-refractivity contribution < 1.29 is 143 Å². The normalized spacial score (nSPS) is 11.4. The number of nitrogens with one attached hydrogen (secondary N) is 5. The molecule has 35 nitrogen and oxygen atoms in total. The topological polar surface area (TPSA) is 434 Å². The summed E-state index contributed by atoms with van der Waals surface area (Å²) in [5.41, 5.74) is -0.983. The van der Waals surface area contributed by atoms with Crippen LogP contribution < -0.4 is 26.6 Å². The van der Waals surface area contributed by atoms with Gasteiger partial charge < -0.3 is 117 Å². The predicted molar refractivity (Wildman–Crippen MR) is 459 cm³/mol. The van der Waals surface area contributed by atoms with Gasteiger partial charge >= 0.3 is 5.97 Å². The molecule has 0 aromatic carbocycles. The number of rotatable bonds is 104. The van der Waals surface area contributed by atoms with Crippen molar-refractivity contribution in [2.45, 2.75) is 238 Å². The lowest BCUT2D eigenvalue weighted by Crippen LogP contribution is -2.42. The van der Waals surface area contributed by atoms with Gasteiger partial charge in [-0.25, -0.2) is 0 Å². The van der Waals surface area contributed by atoms with E-state index in [1.54, 1.807) is 0 Å². The lowest BCUT2D eigenvalue weighted by molar-refractivity contribution is -0.138. The van der Waals surface area contributed by atoms with Crippen molar-refractivity contribution in [2.75, 3.05) is 257 Å². The second-order valence-corrected chi connectivity index (χ2v) is 29.9. The highest BCUT2D eigenvalue weighted by Gasteiger charge is 2.33. The van der Waals surface area contributed by atoms with Crippen molar-refractivity contribution >= 4 is 65.8 Å². The van der Waals surface area contributed by atoms with Crippen molar-refractivity contribution in [3.05, 3.63) is 0 Å². The fourth-order valence-corrected chi connectivity index (χ4v) is 11.8. The molecule has 0 saturated heterocycles. The number of Topliss-reactive ketones (excluding diaryl/α,β-unsaturated/α-hetero) is 3. The Kier molecular flexibility index (Phi) is 90.7. The van der Waals surface area contributed by atoms with E-state index < -0.39 is 11.4 Å². The fourth-order valence-electron chi connectivity index (χ4n) is 11.8. The number of ether oxygens (including phenoxy) is 18. The summed E-state index contributed by atoms with van der Waals surface area (Å²) in [5, 5.41) is 23.4. The van der Waals surface area contributed by atoms with Gasteiger partial charge in [0.2, 0.25) is 29.5 Å². The van der Waals surface area contributed by atoms with Crippen molar-refractivity contribution in [3.63, 3.8) is 0 Å². The maximum absolute atomic E-state index is 13.2. The lowest BCUT2D eigenvalue weighted by atomic mass is 9.92. The van der Waals surface area contributed by atoms with Crippen LogP contribution in [-0.2, 0) is 138 Å². The summed E-state index contributed by atoms with van der Waals surface area (Å²) < 4.78 is 99.2. The van der Waals surface area contributed by atoms with Crippen LogP contribution in [0.25, 0.3) is 0 Å². The van der Waals surface area contributed by atoms with Crippen LogP contribution in [0.15, 0.2) is 0 Å². The van der Waals surface area contributed by atoms with Gasteiger partial charge in [0.15, 0.2) is 0 Å². The van der Waals surface area contributed by atoms with Crippen molar-refractivity contribution in [2.24, 2.45) is 5.41 Å². The van der Waals surface area contributed by atoms with Crippen molar-refractivity contribution in [1.82, 2.24) is 26.6 Å². The third kappa shape index (κ3) is 92.1. The van der Waals surface area contributed by atoms with Gasteiger partial charge in [0.1, 0.15) is 30.6 Å². The quantitative estimate of drug-likeness (QED) is 0.0248. The minimum atomic E-state index is -0.983. The van der Waals surface area contributed by atoms with Gasteiger partial charge in [0.05, 0.1) is 203 Å². The van der Waals surface area contributed by atoms with E-state index in [1.807, 2.05) is 0 Å². The molecule has 35 heteroatoms. The Morgan fingerprint density at radius 1 is 0.220 bits per heavy atom. The zero-order chi connectivity index (χ0) is 89.4. The van der Waals surface area contributed by atoms with E-state index in [9.17, 15) is 52.7 Å². The molecule has 0 saturated carbocycles. The van der Waals surface area contributed by atoms with E-state index in [1.165, 1.54) is 0 Å². The Bertz CT molecular complexity index is 2400. The number of ketones is 3. The summed E-state index contributed by atoms with van der Waals surface area (Å²) in [5.74, 6) is -1.02. The van der Waals surface area contributed by atoms with E-state index in [2.05, 4.69) is 43.0 Å². The number of aliphatic carboxylic acids is 1. The standard InChI is InChI=1S/C88H161N5O30/c1-2-43-106-53-59-112-63-57-110-51-41-92-82(99)31-19-11-4-3-8-18-28-81(98)33-46-118-73-88(74-119-47-34-84(101)89-38-21-13-5-9-16-26-79(96)29-24-44-107-54-60-113-65-67-116-69-71-122-77-94,75-120-48-35-85(102)90-39-22-14-6-10-17-27-80(97)30-25-45-108-55-61-114-66-68-117-70-72-123-78-95)76-121-49-36-86(103)91-40-23-15-7-12-20-32-83(100)93-42-52-111-58-64-115-62-56-109-50-37-87(104)105/h77-78H,2-76H2,1H3,(H,89,101)(H,90,102)(H,91,103)(H,92,99)(H,93,100)(H,104,105). The SMILES string of the molecule is CCCOCCOCCOCCNC(=O)CCCCCCCCC(=O)CCOCC(COCCC(=O)NCCCCCCCC(=O)CCCOCCOCCOCCOC=O)(COCCC(=O)NCCCCCCCC(=O)CCCOCCOCCOCCOC=O)COCCC(=O)NCCCCCCCC(=O)NCCOCCOCCOCCC(=O)O. The van der Waals surface area contributed by atoms with Crippen LogP contribution in [0.2, 0.25) is 0 Å². The molecule has 0 fully saturated rings. The minimum Gasteiger partial charge on any atom is -0.481 e. The number of carbonyl (C=O) groups is 11. The number of carboxylic acids is 1. The van der Waals surface area contributed by atoms with E-state index in [-0.39, 0.29) is 152 Å². The first-order chi connectivity index (χ1) is 60.2. The first-order valence-electron chi connectivity index (χ1n) is 45.7. The van der Waals surface area contributed by atoms with Gasteiger partial charge in [-0.2, -0.15) is 0 Å². The third-order valence-electron chi connectivity index (χ3n) is 18.7. The Labute approximate surface area is 733 Å². The maximum Gasteiger partial charge on any atom is 0.305 e. The summed E-state index contributed by atoms with van der Waals surface area (Å²) >= 11 is 0. The number of hydrogen-bond acceptors (Lipinski definition) is 29. The van der Waals surface area contributed by atoms with Crippen LogP contribution in [0.1, 0.15) is 238 Å². The molecule has 0 heterocycles. The fraction of sp³-hybridized carbons (Fsp3) is 0.875. The minimum absolute atomic E-state index is 0.00236. The van der Waals surface area contributed by atoms with Gasteiger partial charge in [0, 0.05) is 123 Å². The molecule has 718 valence electrons. The molecule has 5 amide bonds. The maximum atomic E-state index is 13.2. The second kappa shape index (κ2) is 95.2. The molecule has 0 aliphatic heterocycles. The first-order valence-corrected chi connectivity index (χ1v) is 45.7. The second-order valence-electron chi connectivity index (χ2n) is 29.9. The Hall–Kier alpha value is -5.87. The number of carboxylic acid groups (broad SMARTS) is 1. The van der Waals surface area contributed by atoms with Crippen LogP contribution in [0, 0.1) is 5.41 Å². The van der Waals surface area contributed by atoms with Crippen LogP contribution in [-0.4, -0.2) is 328 Å². The number of hydrogen-bond donors (Lipinski definition) is 6. The monoisotopic (exact) mass is 1770 g/mol. The predicted octanol–water partition coefficient (Wildman–Crippen LogP) is 8.02. The molecule has 0 aromatic rings. The molecule has 0 spiro atoms. The van der Waals surface area contributed by atoms with Crippen LogP contribution >= 0.6 is 0 Å². The molecule has 0 aromatic heterocycles. The van der Waals surface area contributed by atoms with Gasteiger partial charge in [-0.05, 0) is 70.6 Å². The summed E-state index contributed by atoms with van der Waals surface area (Å²) in [6.07, 6.45) is 23.8. The lowest BCUT2D eigenvalue weighted by Gasteiger charge is -2.33. The number of amides is 5. The Morgan fingerprint density at radius 2 is 0.447 bits per heavy atom. The molecule has 0 aliphatic carbocycles. The van der Waals surface area contributed by atoms with Crippen LogP contribution in [0.3, 0.4) is 0 Å². The summed E-state index contributed by atoms with van der Waals surface area (Å²) in [6, 6.07) is 0. The zero-order valence-corrected chi connectivity index (χ0v) is 75.0. The molecule has 0 atom stereocenters. The molecular weight excluding hydrogens is 1610 g/mol. The van der Waals surface area contributed by atoms with Crippen molar-refractivity contribution in [1.29, 1.82) is 0 Å². The smallest absolute Gasteiger partial charge is 0.305 e. The summed E-state index contributed by atoms with van der Waals surface area (Å²) in [7, 11) is 0. The van der Waals surface area contributed by atoms with Gasteiger partial charge in [-0.1, -0.05) is 90.4 Å². The average molecular weight is 1770 g/mol. The Morgan fingerprint density at radius 3 is 0.764 bits per heavy atom. The molecule has 0 unspecified atom stereocenters. The zero-order valence-electron chi connectivity index (χ0n) is 75.0. The molecule has 123 heavy (non-hydrogen) atoms. The van der Waals surface area contributed by atoms with E-state index in [0.717, 1.165) is 148 Å². The van der Waals surface area contributed by atoms with E-state index in [4.69, 9.17) is 80.9 Å². The van der Waals surface area contributed by atoms with E-state index in [0.29, 0.717) is 249 Å². The Balaban J connectivity index is 5.50. The molecular formula is C88H161N5O30. The third-order valence-corrected chi connectivity index (χ3v) is 18.7. The highest BCUT2D eigenvalue weighted by molar-refractivity contribution is 5.80. The van der Waals surface area contributed by atoms with Gasteiger partial charge in [-0.3, -0.25) is 52.7 Å². The molecule has 0 aliphatic rings. The van der Waals surface area contributed by atoms with Crippen LogP contribution in [0.4, 0.5) is 0 Å². The molecule has 0 radical (unpaired) electrons. The highest BCUT2D eigenvalue weighted by Crippen LogP contribution is 2.23. The molecule has 0 rings (SSSR count). The molecule has 6 N–H and O–H groups in total.